The van der Waals surface area contributed by atoms with Crippen LogP contribution in [0.1, 0.15) is 19.5 Å². The summed E-state index contributed by atoms with van der Waals surface area (Å²) in [5.41, 5.74) is 11.0. The van der Waals surface area contributed by atoms with Crippen molar-refractivity contribution >= 4 is 43.4 Å². The van der Waals surface area contributed by atoms with Gasteiger partial charge in [0, 0.05) is 18.9 Å². The largest absolute Gasteiger partial charge is 0.296 e. The Morgan fingerprint density at radius 2 is 0.962 bits per heavy atom. The van der Waals surface area contributed by atoms with Gasteiger partial charge in [-0.15, -0.1) is 0 Å². The third-order valence-electron chi connectivity index (χ3n) is 10.4. The molecule has 0 aliphatic rings. The molecule has 2 nitrogen and oxygen atoms in total. The first-order valence-electron chi connectivity index (χ1n) is 20.4. The van der Waals surface area contributed by atoms with Gasteiger partial charge in [0.1, 0.15) is 5.82 Å². The number of benzene rings is 9. The Labute approximate surface area is 316 Å². The lowest BCUT2D eigenvalue weighted by Crippen LogP contribution is -2.00. The van der Waals surface area contributed by atoms with Crippen molar-refractivity contribution in [2.75, 3.05) is 0 Å². The molecular weight excluding hydrogens is 641 g/mol. The molecule has 0 fully saturated rings. The minimum Gasteiger partial charge on any atom is -0.296 e. The van der Waals surface area contributed by atoms with Gasteiger partial charge in [0.15, 0.2) is 0 Å². The first-order chi connectivity index (χ1) is 28.2. The molecule has 0 bridgehead atoms. The summed E-state index contributed by atoms with van der Waals surface area (Å²) in [6.45, 7) is -2.91. The predicted molar refractivity (Wildman–Crippen MR) is 225 cm³/mol. The molecule has 0 saturated heterocycles. The number of nitrogens with zero attached hydrogens (tertiary/aromatic N) is 2. The van der Waals surface area contributed by atoms with Crippen molar-refractivity contribution in [2.24, 2.45) is 0 Å². The highest BCUT2D eigenvalue weighted by Crippen LogP contribution is 2.45. The van der Waals surface area contributed by atoms with Gasteiger partial charge in [0.05, 0.1) is 11.0 Å². The van der Waals surface area contributed by atoms with Crippen molar-refractivity contribution in [3.63, 3.8) is 0 Å². The van der Waals surface area contributed by atoms with E-state index < -0.39 is 13.2 Å². The smallest absolute Gasteiger partial charge is 0.114 e. The molecule has 2 heteroatoms. The number of aromatic nitrogens is 2. The van der Waals surface area contributed by atoms with Crippen LogP contribution in [0.4, 0.5) is 0 Å². The lowest BCUT2D eigenvalue weighted by atomic mass is 9.84. The van der Waals surface area contributed by atoms with Crippen molar-refractivity contribution in [3.8, 4) is 50.2 Å². The Balaban J connectivity index is 1.16. The van der Waals surface area contributed by atoms with E-state index in [4.69, 9.17) is 6.85 Å². The SMILES string of the molecule is [2H]C([2H])([2H])C([2H])([2H])c1nc2ccccc2n1-c1ccc2cc(-c3c4ccccc4c(-c4cc(-c5ccccc5)cc(-c5ccccc5)c4)c4ccccc34)ccc2c1. The van der Waals surface area contributed by atoms with Crippen LogP contribution in [-0.4, -0.2) is 9.55 Å². The zero-order valence-electron chi connectivity index (χ0n) is 33.8. The van der Waals surface area contributed by atoms with E-state index in [0.29, 0.717) is 16.7 Å². The van der Waals surface area contributed by atoms with E-state index in [2.05, 4.69) is 151 Å². The zero-order valence-corrected chi connectivity index (χ0v) is 28.8. The maximum absolute atomic E-state index is 8.65. The van der Waals surface area contributed by atoms with Crippen LogP contribution < -0.4 is 0 Å². The molecule has 0 saturated carbocycles. The van der Waals surface area contributed by atoms with Gasteiger partial charge in [-0.25, -0.2) is 4.98 Å². The quantitative estimate of drug-likeness (QED) is 0.160. The van der Waals surface area contributed by atoms with Crippen molar-refractivity contribution < 1.29 is 6.85 Å². The molecule has 1 aromatic heterocycles. The lowest BCUT2D eigenvalue weighted by Gasteiger charge is -2.19. The molecule has 250 valence electrons. The highest BCUT2D eigenvalue weighted by molar-refractivity contribution is 6.22. The molecule has 0 unspecified atom stereocenters. The van der Waals surface area contributed by atoms with E-state index >= 15 is 0 Å². The van der Waals surface area contributed by atoms with E-state index in [0.717, 1.165) is 49.4 Å². The molecule has 53 heavy (non-hydrogen) atoms. The number of hydrogen-bond acceptors (Lipinski definition) is 1. The maximum atomic E-state index is 8.65. The van der Waals surface area contributed by atoms with E-state index in [1.54, 1.807) is 10.6 Å². The Hall–Kier alpha value is -6.77. The molecule has 0 aliphatic heterocycles. The molecule has 9 aromatic carbocycles. The van der Waals surface area contributed by atoms with Crippen molar-refractivity contribution in [1.82, 2.24) is 9.55 Å². The molecule has 10 aromatic rings. The molecular formula is C51H36N2. The van der Waals surface area contributed by atoms with Gasteiger partial charge < -0.3 is 0 Å². The number of aryl methyl sites for hydroxylation is 1. The molecule has 0 N–H and O–H groups in total. The predicted octanol–water partition coefficient (Wildman–Crippen LogP) is 13.7. The fraction of sp³-hybridized carbons (Fsp3) is 0.0392. The van der Waals surface area contributed by atoms with E-state index in [9.17, 15) is 0 Å². The van der Waals surface area contributed by atoms with Gasteiger partial charge >= 0.3 is 0 Å². The molecule has 10 rings (SSSR count). The summed E-state index contributed by atoms with van der Waals surface area (Å²) in [5, 5.41) is 6.58. The van der Waals surface area contributed by atoms with E-state index in [-0.39, 0.29) is 5.82 Å². The zero-order chi connectivity index (χ0) is 39.6. The van der Waals surface area contributed by atoms with E-state index in [1.807, 2.05) is 36.4 Å². The van der Waals surface area contributed by atoms with Gasteiger partial charge in [-0.2, -0.15) is 0 Å². The van der Waals surface area contributed by atoms with Gasteiger partial charge in [0.2, 0.25) is 0 Å². The monoisotopic (exact) mass is 681 g/mol. The first kappa shape index (κ1) is 26.1. The molecule has 0 amide bonds. The van der Waals surface area contributed by atoms with Crippen molar-refractivity contribution in [1.29, 1.82) is 0 Å². The average molecular weight is 682 g/mol. The summed E-state index contributed by atoms with van der Waals surface area (Å²) >= 11 is 0. The van der Waals surface area contributed by atoms with Crippen LogP contribution in [0.15, 0.2) is 188 Å². The Bertz CT molecular complexity index is 3070. The number of rotatable bonds is 6. The number of imidazole rings is 1. The third-order valence-corrected chi connectivity index (χ3v) is 10.4. The number of hydrogen-bond donors (Lipinski definition) is 0. The lowest BCUT2D eigenvalue weighted by molar-refractivity contribution is 0.909. The molecule has 0 aliphatic carbocycles. The summed E-state index contributed by atoms with van der Waals surface area (Å²) in [6.07, 6.45) is -2.68. The third kappa shape index (κ3) is 5.30. The van der Waals surface area contributed by atoms with Crippen molar-refractivity contribution in [2.45, 2.75) is 13.2 Å². The van der Waals surface area contributed by atoms with Crippen LogP contribution >= 0.6 is 0 Å². The van der Waals surface area contributed by atoms with Gasteiger partial charge in [-0.3, -0.25) is 4.57 Å². The van der Waals surface area contributed by atoms with Gasteiger partial charge in [-0.05, 0) is 125 Å². The fourth-order valence-electron chi connectivity index (χ4n) is 8.02. The number of para-hydroxylation sites is 2. The topological polar surface area (TPSA) is 17.8 Å². The second-order valence-corrected chi connectivity index (χ2v) is 13.5. The molecule has 0 radical (unpaired) electrons. The minimum atomic E-state index is -2.91. The van der Waals surface area contributed by atoms with Crippen LogP contribution in [0.2, 0.25) is 0 Å². The average Bonchev–Trinajstić information content (AvgIpc) is 3.66. The second-order valence-electron chi connectivity index (χ2n) is 13.5. The Morgan fingerprint density at radius 1 is 0.453 bits per heavy atom. The van der Waals surface area contributed by atoms with Gasteiger partial charge in [-0.1, -0.05) is 146 Å². The summed E-state index contributed by atoms with van der Waals surface area (Å²) in [7, 11) is 0. The normalized spacial score (nSPS) is 13.5. The minimum absolute atomic E-state index is 0.145. The van der Waals surface area contributed by atoms with Crippen molar-refractivity contribution in [3.05, 3.63) is 194 Å². The summed E-state index contributed by atoms with van der Waals surface area (Å²) in [5.74, 6) is -0.145. The highest BCUT2D eigenvalue weighted by Gasteiger charge is 2.19. The van der Waals surface area contributed by atoms with Crippen LogP contribution in [-0.2, 0) is 6.37 Å². The van der Waals surface area contributed by atoms with Crippen LogP contribution in [0.25, 0.3) is 93.5 Å². The summed E-state index contributed by atoms with van der Waals surface area (Å²) in [4.78, 5) is 4.52. The highest BCUT2D eigenvalue weighted by atomic mass is 15.1. The second kappa shape index (κ2) is 12.8. The number of fused-ring (bicyclic) bond motifs is 4. The Morgan fingerprint density at radius 3 is 1.58 bits per heavy atom. The van der Waals surface area contributed by atoms with Crippen LogP contribution in [0.5, 0.6) is 0 Å². The summed E-state index contributed by atoms with van der Waals surface area (Å²) in [6, 6.07) is 65.1. The van der Waals surface area contributed by atoms with E-state index in [1.165, 1.54) is 27.5 Å². The van der Waals surface area contributed by atoms with Crippen LogP contribution in [0, 0.1) is 0 Å². The summed E-state index contributed by atoms with van der Waals surface area (Å²) < 4.78 is 43.0. The standard InChI is InChI=1S/C51H36N2/c1-2-49-52-47-23-13-14-24-48(47)53(49)42-28-27-36-29-38(26-25-37(36)33-42)50-43-19-9-11-21-45(43)51(46-22-12-10-20-44(46)50)41-31-39(34-15-5-3-6-16-34)30-40(32-41)35-17-7-4-8-18-35/h3-33H,2H2,1H3/i1D3,2D2. The fourth-order valence-corrected chi connectivity index (χ4v) is 8.02. The molecule has 1 heterocycles. The molecule has 0 atom stereocenters. The maximum Gasteiger partial charge on any atom is 0.114 e. The first-order valence-corrected chi connectivity index (χ1v) is 17.9. The van der Waals surface area contributed by atoms with Gasteiger partial charge in [0.25, 0.3) is 0 Å². The molecule has 0 spiro atoms. The van der Waals surface area contributed by atoms with Crippen LogP contribution in [0.3, 0.4) is 0 Å². The Kier molecular flexibility index (Phi) is 6.28.